The van der Waals surface area contributed by atoms with E-state index in [9.17, 15) is 14.4 Å². The minimum Gasteiger partial charge on any atom is -0.325 e. The first-order valence-corrected chi connectivity index (χ1v) is 11.2. The molecule has 0 atom stereocenters. The average Bonchev–Trinajstić information content (AvgIpc) is 3.34. The molecule has 1 N–H and O–H groups in total. The number of carbonyl (C=O) groups excluding carboxylic acids is 3. The van der Waals surface area contributed by atoms with Gasteiger partial charge >= 0.3 is 0 Å². The molecule has 0 aliphatic carbocycles. The number of amides is 3. The SMILES string of the molecule is Cc1sc(-c2ccccc2)nc1-c1ccc(NC(=O)CN2C(=O)c3ccccc3C2=O)cc1. The van der Waals surface area contributed by atoms with E-state index in [0.717, 1.165) is 31.6 Å². The Morgan fingerprint density at radius 2 is 1.45 bits per heavy atom. The van der Waals surface area contributed by atoms with Crippen LogP contribution < -0.4 is 5.32 Å². The van der Waals surface area contributed by atoms with Gasteiger partial charge in [0.1, 0.15) is 11.6 Å². The number of aryl methyl sites for hydroxylation is 1. The molecule has 3 amide bonds. The van der Waals surface area contributed by atoms with Crippen LogP contribution in [0.2, 0.25) is 0 Å². The Hall–Kier alpha value is -4.10. The molecular formula is C26H19N3O3S. The standard InChI is InChI=1S/C26H19N3O3S/c1-16-23(28-24(33-16)18-7-3-2-4-8-18)17-11-13-19(14-12-17)27-22(30)15-29-25(31)20-9-5-6-10-21(20)26(29)32/h2-14H,15H2,1H3,(H,27,30). The summed E-state index contributed by atoms with van der Waals surface area (Å²) in [5.41, 5.74) is 4.17. The molecule has 0 saturated heterocycles. The molecule has 0 bridgehead atoms. The minimum absolute atomic E-state index is 0.327. The molecule has 1 aliphatic rings. The smallest absolute Gasteiger partial charge is 0.262 e. The van der Waals surface area contributed by atoms with E-state index in [-0.39, 0.29) is 6.54 Å². The van der Waals surface area contributed by atoms with Crippen LogP contribution in [0.5, 0.6) is 0 Å². The molecule has 0 radical (unpaired) electrons. The average molecular weight is 454 g/mol. The predicted octanol–water partition coefficient (Wildman–Crippen LogP) is 5.02. The molecule has 0 fully saturated rings. The highest BCUT2D eigenvalue weighted by Gasteiger charge is 2.36. The third-order valence-corrected chi connectivity index (χ3v) is 6.46. The van der Waals surface area contributed by atoms with Crippen molar-refractivity contribution in [3.63, 3.8) is 0 Å². The number of imide groups is 1. The van der Waals surface area contributed by atoms with Gasteiger partial charge in [0.05, 0.1) is 16.8 Å². The van der Waals surface area contributed by atoms with Gasteiger partial charge in [-0.05, 0) is 31.2 Å². The monoisotopic (exact) mass is 453 g/mol. The third kappa shape index (κ3) is 3.94. The summed E-state index contributed by atoms with van der Waals surface area (Å²) in [6.45, 7) is 1.71. The first-order chi connectivity index (χ1) is 16.0. The van der Waals surface area contributed by atoms with E-state index < -0.39 is 17.7 Å². The van der Waals surface area contributed by atoms with Crippen molar-refractivity contribution in [2.45, 2.75) is 6.92 Å². The zero-order chi connectivity index (χ0) is 22.9. The van der Waals surface area contributed by atoms with Crippen molar-refractivity contribution in [1.29, 1.82) is 0 Å². The van der Waals surface area contributed by atoms with Crippen molar-refractivity contribution in [3.05, 3.63) is 94.9 Å². The Morgan fingerprint density at radius 1 is 0.848 bits per heavy atom. The molecule has 4 aromatic rings. The van der Waals surface area contributed by atoms with Gasteiger partial charge in [-0.25, -0.2) is 4.98 Å². The van der Waals surface area contributed by atoms with Crippen LogP contribution in [0.15, 0.2) is 78.9 Å². The second kappa shape index (κ2) is 8.44. The fraction of sp³-hybridized carbons (Fsp3) is 0.0769. The topological polar surface area (TPSA) is 79.4 Å². The summed E-state index contributed by atoms with van der Waals surface area (Å²) < 4.78 is 0. The van der Waals surface area contributed by atoms with Gasteiger partial charge in [-0.1, -0.05) is 54.6 Å². The van der Waals surface area contributed by atoms with Crippen molar-refractivity contribution in [3.8, 4) is 21.8 Å². The number of fused-ring (bicyclic) bond motifs is 1. The highest BCUT2D eigenvalue weighted by Crippen LogP contribution is 2.33. The highest BCUT2D eigenvalue weighted by atomic mass is 32.1. The number of rotatable bonds is 5. The highest BCUT2D eigenvalue weighted by molar-refractivity contribution is 7.15. The number of nitrogens with zero attached hydrogens (tertiary/aromatic N) is 2. The number of carbonyl (C=O) groups is 3. The fourth-order valence-corrected chi connectivity index (χ4v) is 4.75. The number of aromatic nitrogens is 1. The van der Waals surface area contributed by atoms with Crippen molar-refractivity contribution >= 4 is 34.7 Å². The molecule has 3 aromatic carbocycles. The molecule has 2 heterocycles. The number of nitrogens with one attached hydrogen (secondary N) is 1. The Kier molecular flexibility index (Phi) is 5.32. The van der Waals surface area contributed by atoms with Gasteiger partial charge in [0.15, 0.2) is 0 Å². The minimum atomic E-state index is -0.450. The Labute approximate surface area is 194 Å². The van der Waals surface area contributed by atoms with Crippen LogP contribution >= 0.6 is 11.3 Å². The van der Waals surface area contributed by atoms with Crippen molar-refractivity contribution in [2.75, 3.05) is 11.9 Å². The van der Waals surface area contributed by atoms with E-state index in [2.05, 4.69) is 5.32 Å². The van der Waals surface area contributed by atoms with E-state index in [4.69, 9.17) is 4.98 Å². The number of hydrogen-bond donors (Lipinski definition) is 1. The largest absolute Gasteiger partial charge is 0.325 e. The van der Waals surface area contributed by atoms with Gasteiger partial charge in [-0.2, -0.15) is 0 Å². The van der Waals surface area contributed by atoms with Crippen LogP contribution in [0.1, 0.15) is 25.6 Å². The van der Waals surface area contributed by atoms with Crippen LogP contribution in [-0.2, 0) is 4.79 Å². The van der Waals surface area contributed by atoms with E-state index in [0.29, 0.717) is 16.8 Å². The normalized spacial score (nSPS) is 12.7. The van der Waals surface area contributed by atoms with E-state index in [1.807, 2.05) is 49.4 Å². The van der Waals surface area contributed by atoms with Gasteiger partial charge in [0.2, 0.25) is 5.91 Å². The molecule has 7 heteroatoms. The lowest BCUT2D eigenvalue weighted by Crippen LogP contribution is -2.37. The molecule has 33 heavy (non-hydrogen) atoms. The molecule has 0 saturated carbocycles. The van der Waals surface area contributed by atoms with Gasteiger partial charge in [-0.15, -0.1) is 11.3 Å². The summed E-state index contributed by atoms with van der Waals surface area (Å²) in [7, 11) is 0. The van der Waals surface area contributed by atoms with E-state index in [1.165, 1.54) is 0 Å². The molecule has 162 valence electrons. The molecule has 5 rings (SSSR count). The van der Waals surface area contributed by atoms with Crippen molar-refractivity contribution in [2.24, 2.45) is 0 Å². The Morgan fingerprint density at radius 3 is 2.09 bits per heavy atom. The lowest BCUT2D eigenvalue weighted by atomic mass is 10.1. The lowest BCUT2D eigenvalue weighted by Gasteiger charge is -2.13. The van der Waals surface area contributed by atoms with E-state index in [1.54, 1.807) is 47.7 Å². The predicted molar refractivity (Wildman–Crippen MR) is 128 cm³/mol. The van der Waals surface area contributed by atoms with Gasteiger partial charge < -0.3 is 5.32 Å². The zero-order valence-corrected chi connectivity index (χ0v) is 18.6. The summed E-state index contributed by atoms with van der Waals surface area (Å²) >= 11 is 1.64. The zero-order valence-electron chi connectivity index (χ0n) is 17.7. The van der Waals surface area contributed by atoms with Gasteiger partial charge in [-0.3, -0.25) is 19.3 Å². The van der Waals surface area contributed by atoms with Crippen molar-refractivity contribution < 1.29 is 14.4 Å². The summed E-state index contributed by atoms with van der Waals surface area (Å²) in [5.74, 6) is -1.34. The number of benzene rings is 3. The van der Waals surface area contributed by atoms with Crippen LogP contribution in [0, 0.1) is 6.92 Å². The van der Waals surface area contributed by atoms with Gasteiger partial charge in [0.25, 0.3) is 11.8 Å². The van der Waals surface area contributed by atoms with Crippen LogP contribution in [-0.4, -0.2) is 34.2 Å². The first-order valence-electron chi connectivity index (χ1n) is 10.4. The van der Waals surface area contributed by atoms with Crippen LogP contribution in [0.4, 0.5) is 5.69 Å². The molecule has 6 nitrogen and oxygen atoms in total. The molecular weight excluding hydrogens is 434 g/mol. The van der Waals surface area contributed by atoms with E-state index >= 15 is 0 Å². The number of thiazole rings is 1. The Balaban J connectivity index is 1.27. The first kappa shape index (κ1) is 20.8. The second-order valence-corrected chi connectivity index (χ2v) is 8.86. The third-order valence-electron chi connectivity index (χ3n) is 5.44. The second-order valence-electron chi connectivity index (χ2n) is 7.66. The summed E-state index contributed by atoms with van der Waals surface area (Å²) in [6.07, 6.45) is 0. The maximum absolute atomic E-state index is 12.5. The van der Waals surface area contributed by atoms with Crippen molar-refractivity contribution in [1.82, 2.24) is 9.88 Å². The Bertz CT molecular complexity index is 1340. The number of anilines is 1. The summed E-state index contributed by atoms with van der Waals surface area (Å²) in [6, 6.07) is 24.0. The maximum Gasteiger partial charge on any atom is 0.262 e. The van der Waals surface area contributed by atoms with Crippen LogP contribution in [0.3, 0.4) is 0 Å². The van der Waals surface area contributed by atoms with Crippen LogP contribution in [0.25, 0.3) is 21.8 Å². The molecule has 0 unspecified atom stereocenters. The van der Waals surface area contributed by atoms with Gasteiger partial charge in [0, 0.05) is 21.7 Å². The quantitative estimate of drug-likeness (QED) is 0.430. The summed E-state index contributed by atoms with van der Waals surface area (Å²) in [5, 5.41) is 3.72. The fourth-order valence-electron chi connectivity index (χ4n) is 3.81. The summed E-state index contributed by atoms with van der Waals surface area (Å²) in [4.78, 5) is 44.3. The molecule has 1 aliphatic heterocycles. The number of hydrogen-bond acceptors (Lipinski definition) is 5. The maximum atomic E-state index is 12.5. The lowest BCUT2D eigenvalue weighted by molar-refractivity contribution is -0.116. The molecule has 1 aromatic heterocycles. The molecule has 0 spiro atoms.